The summed E-state index contributed by atoms with van der Waals surface area (Å²) < 4.78 is 27.6. The average molecular weight is 457 g/mol. The van der Waals surface area contributed by atoms with Gasteiger partial charge in [0.2, 0.25) is 15.9 Å². The standard InChI is InChI=1S/C23H28N4O4S/c1-24-23(29)20-7-2-3-8-21(20)25-16-22(28)26-11-13-27(14-12-26)32(30,31)19-10-9-17-5-4-6-18(17)15-19/h2-3,7-10,15,25H,4-6,11-14,16H2,1H3,(H,24,29). The Morgan fingerprint density at radius 3 is 2.44 bits per heavy atom. The molecule has 1 heterocycles. The minimum atomic E-state index is -3.57. The van der Waals surface area contributed by atoms with Gasteiger partial charge in [-0.2, -0.15) is 4.31 Å². The normalized spacial score (nSPS) is 16.5. The van der Waals surface area contributed by atoms with Crippen molar-refractivity contribution in [1.29, 1.82) is 0 Å². The molecule has 9 heteroatoms. The van der Waals surface area contributed by atoms with Crippen molar-refractivity contribution in [3.05, 3.63) is 59.2 Å². The molecule has 0 spiro atoms. The average Bonchev–Trinajstić information content (AvgIpc) is 3.30. The Bertz CT molecular complexity index is 1120. The number of amides is 2. The Labute approximate surface area is 188 Å². The van der Waals surface area contributed by atoms with E-state index in [4.69, 9.17) is 0 Å². The van der Waals surface area contributed by atoms with E-state index >= 15 is 0 Å². The van der Waals surface area contributed by atoms with Crippen LogP contribution in [0.3, 0.4) is 0 Å². The SMILES string of the molecule is CNC(=O)c1ccccc1NCC(=O)N1CCN(S(=O)(=O)c2ccc3c(c2)CCC3)CC1. The molecule has 2 aromatic rings. The van der Waals surface area contributed by atoms with E-state index in [2.05, 4.69) is 10.6 Å². The summed E-state index contributed by atoms with van der Waals surface area (Å²) in [6.07, 6.45) is 3.01. The Kier molecular flexibility index (Phi) is 6.48. The van der Waals surface area contributed by atoms with Gasteiger partial charge in [-0.05, 0) is 54.7 Å². The topological polar surface area (TPSA) is 98.8 Å². The number of hydrogen-bond acceptors (Lipinski definition) is 5. The van der Waals surface area contributed by atoms with E-state index in [1.54, 1.807) is 42.3 Å². The van der Waals surface area contributed by atoms with E-state index in [0.717, 1.165) is 24.8 Å². The largest absolute Gasteiger partial charge is 0.376 e. The number of para-hydroxylation sites is 1. The number of aryl methyl sites for hydroxylation is 2. The van der Waals surface area contributed by atoms with Gasteiger partial charge in [0, 0.05) is 38.9 Å². The van der Waals surface area contributed by atoms with Crippen LogP contribution in [-0.2, 0) is 27.7 Å². The molecule has 32 heavy (non-hydrogen) atoms. The highest BCUT2D eigenvalue weighted by Gasteiger charge is 2.30. The predicted octanol–water partition coefficient (Wildman–Crippen LogP) is 1.48. The van der Waals surface area contributed by atoms with Gasteiger partial charge in [-0.3, -0.25) is 9.59 Å². The number of nitrogens with zero attached hydrogens (tertiary/aromatic N) is 2. The minimum absolute atomic E-state index is 0.0333. The first kappa shape index (κ1) is 22.3. The highest BCUT2D eigenvalue weighted by Crippen LogP contribution is 2.26. The number of nitrogens with one attached hydrogen (secondary N) is 2. The maximum atomic E-state index is 13.1. The molecule has 0 saturated carbocycles. The van der Waals surface area contributed by atoms with Gasteiger partial charge < -0.3 is 15.5 Å². The molecule has 2 aliphatic rings. The number of carbonyl (C=O) groups excluding carboxylic acids is 2. The fourth-order valence-corrected chi connectivity index (χ4v) is 5.76. The summed E-state index contributed by atoms with van der Waals surface area (Å²) in [5, 5.41) is 5.61. The van der Waals surface area contributed by atoms with Crippen LogP contribution in [0.4, 0.5) is 5.69 Å². The summed E-state index contributed by atoms with van der Waals surface area (Å²) in [6, 6.07) is 12.4. The summed E-state index contributed by atoms with van der Waals surface area (Å²) in [6.45, 7) is 1.23. The van der Waals surface area contributed by atoms with Gasteiger partial charge in [0.1, 0.15) is 0 Å². The molecule has 0 radical (unpaired) electrons. The van der Waals surface area contributed by atoms with Crippen LogP contribution in [-0.4, -0.2) is 69.2 Å². The van der Waals surface area contributed by atoms with Gasteiger partial charge in [0.05, 0.1) is 17.0 Å². The molecule has 0 unspecified atom stereocenters. The van der Waals surface area contributed by atoms with Crippen molar-refractivity contribution in [1.82, 2.24) is 14.5 Å². The first-order valence-corrected chi connectivity index (χ1v) is 12.3. The number of rotatable bonds is 6. The van der Waals surface area contributed by atoms with Gasteiger partial charge in [-0.15, -0.1) is 0 Å². The van der Waals surface area contributed by atoms with Crippen molar-refractivity contribution in [3.8, 4) is 0 Å². The quantitative estimate of drug-likeness (QED) is 0.686. The number of sulfonamides is 1. The van der Waals surface area contributed by atoms with E-state index in [9.17, 15) is 18.0 Å². The van der Waals surface area contributed by atoms with Crippen molar-refractivity contribution >= 4 is 27.5 Å². The van der Waals surface area contributed by atoms with Gasteiger partial charge in [0.15, 0.2) is 0 Å². The second-order valence-electron chi connectivity index (χ2n) is 8.05. The molecule has 1 aliphatic carbocycles. The molecular weight excluding hydrogens is 428 g/mol. The van der Waals surface area contributed by atoms with Crippen molar-refractivity contribution in [2.45, 2.75) is 24.2 Å². The lowest BCUT2D eigenvalue weighted by atomic mass is 10.1. The molecular formula is C23H28N4O4S. The van der Waals surface area contributed by atoms with Crippen molar-refractivity contribution in [2.75, 3.05) is 45.1 Å². The zero-order chi connectivity index (χ0) is 22.7. The van der Waals surface area contributed by atoms with Gasteiger partial charge in [-0.25, -0.2) is 8.42 Å². The van der Waals surface area contributed by atoms with Gasteiger partial charge in [-0.1, -0.05) is 18.2 Å². The lowest BCUT2D eigenvalue weighted by Crippen LogP contribution is -2.51. The van der Waals surface area contributed by atoms with Crippen molar-refractivity contribution in [3.63, 3.8) is 0 Å². The number of piperazine rings is 1. The van der Waals surface area contributed by atoms with Gasteiger partial charge in [0.25, 0.3) is 5.91 Å². The van der Waals surface area contributed by atoms with Crippen LogP contribution in [0.2, 0.25) is 0 Å². The molecule has 1 fully saturated rings. The zero-order valence-electron chi connectivity index (χ0n) is 18.1. The van der Waals surface area contributed by atoms with Crippen molar-refractivity contribution < 1.29 is 18.0 Å². The highest BCUT2D eigenvalue weighted by atomic mass is 32.2. The molecule has 0 aromatic heterocycles. The molecule has 2 aromatic carbocycles. The predicted molar refractivity (Wildman–Crippen MR) is 122 cm³/mol. The molecule has 8 nitrogen and oxygen atoms in total. The molecule has 1 saturated heterocycles. The van der Waals surface area contributed by atoms with Crippen molar-refractivity contribution in [2.24, 2.45) is 0 Å². The van der Waals surface area contributed by atoms with Crippen LogP contribution in [0, 0.1) is 0 Å². The maximum absolute atomic E-state index is 13.1. The summed E-state index contributed by atoms with van der Waals surface area (Å²) in [5.74, 6) is -0.364. The van der Waals surface area contributed by atoms with E-state index in [1.165, 1.54) is 9.87 Å². The molecule has 4 rings (SSSR count). The van der Waals surface area contributed by atoms with Crippen LogP contribution < -0.4 is 10.6 Å². The summed E-state index contributed by atoms with van der Waals surface area (Å²) >= 11 is 0. The Balaban J connectivity index is 1.35. The molecule has 1 aliphatic heterocycles. The smallest absolute Gasteiger partial charge is 0.253 e. The van der Waals surface area contributed by atoms with Crippen LogP contribution in [0.1, 0.15) is 27.9 Å². The van der Waals surface area contributed by atoms with E-state index in [0.29, 0.717) is 29.2 Å². The first-order chi connectivity index (χ1) is 15.4. The Morgan fingerprint density at radius 1 is 0.969 bits per heavy atom. The molecule has 170 valence electrons. The third-order valence-corrected chi connectivity index (χ3v) is 8.02. The number of fused-ring (bicyclic) bond motifs is 1. The third-order valence-electron chi connectivity index (χ3n) is 6.13. The Morgan fingerprint density at radius 2 is 1.69 bits per heavy atom. The number of hydrogen-bond donors (Lipinski definition) is 2. The number of benzene rings is 2. The van der Waals surface area contributed by atoms with E-state index in [1.807, 2.05) is 12.1 Å². The lowest BCUT2D eigenvalue weighted by Gasteiger charge is -2.34. The monoisotopic (exact) mass is 456 g/mol. The molecule has 2 amide bonds. The summed E-state index contributed by atoms with van der Waals surface area (Å²) in [7, 11) is -2.01. The Hall–Kier alpha value is -2.91. The molecule has 0 bridgehead atoms. The second-order valence-corrected chi connectivity index (χ2v) is 9.99. The maximum Gasteiger partial charge on any atom is 0.253 e. The van der Waals surface area contributed by atoms with E-state index in [-0.39, 0.29) is 31.4 Å². The first-order valence-electron chi connectivity index (χ1n) is 10.8. The fraction of sp³-hybridized carbons (Fsp3) is 0.391. The summed E-state index contributed by atoms with van der Waals surface area (Å²) in [4.78, 5) is 26.6. The highest BCUT2D eigenvalue weighted by molar-refractivity contribution is 7.89. The van der Waals surface area contributed by atoms with Gasteiger partial charge >= 0.3 is 0 Å². The third kappa shape index (κ3) is 4.49. The fourth-order valence-electron chi connectivity index (χ4n) is 4.29. The molecule has 0 atom stereocenters. The second kappa shape index (κ2) is 9.30. The van der Waals surface area contributed by atoms with Crippen LogP contribution >= 0.6 is 0 Å². The number of carbonyl (C=O) groups is 2. The zero-order valence-corrected chi connectivity index (χ0v) is 19.0. The van der Waals surface area contributed by atoms with Crippen LogP contribution in [0.25, 0.3) is 0 Å². The molecule has 2 N–H and O–H groups in total. The minimum Gasteiger partial charge on any atom is -0.376 e. The summed E-state index contributed by atoms with van der Waals surface area (Å²) in [5.41, 5.74) is 3.42. The number of anilines is 1. The lowest BCUT2D eigenvalue weighted by molar-refractivity contribution is -0.130. The van der Waals surface area contributed by atoms with E-state index < -0.39 is 10.0 Å². The van der Waals surface area contributed by atoms with Crippen LogP contribution in [0.15, 0.2) is 47.4 Å². The van der Waals surface area contributed by atoms with Crippen LogP contribution in [0.5, 0.6) is 0 Å².